The fraction of sp³-hybridized carbons (Fsp3) is 0.842. The second-order valence-corrected chi connectivity index (χ2v) is 15.8. The fourth-order valence-electron chi connectivity index (χ4n) is 8.34. The van der Waals surface area contributed by atoms with Gasteiger partial charge in [-0.15, -0.1) is 6.58 Å². The third kappa shape index (κ3) is 9.95. The molecule has 12 nitrogen and oxygen atoms in total. The van der Waals surface area contributed by atoms with E-state index in [1.165, 1.54) is 6.92 Å². The Morgan fingerprint density at radius 2 is 1.84 bits per heavy atom. The summed E-state index contributed by atoms with van der Waals surface area (Å²) < 4.78 is 38.0. The highest BCUT2D eigenvalue weighted by Crippen LogP contribution is 2.39. The van der Waals surface area contributed by atoms with Crippen LogP contribution in [0.4, 0.5) is 0 Å². The van der Waals surface area contributed by atoms with E-state index in [1.54, 1.807) is 26.8 Å². The summed E-state index contributed by atoms with van der Waals surface area (Å²) in [6.07, 6.45) is -2.64. The zero-order valence-electron chi connectivity index (χ0n) is 32.4. The van der Waals surface area contributed by atoms with E-state index in [0.717, 1.165) is 5.57 Å². The highest BCUT2D eigenvalue weighted by molar-refractivity contribution is 5.73. The van der Waals surface area contributed by atoms with E-state index < -0.39 is 71.8 Å². The third-order valence-electron chi connectivity index (χ3n) is 10.9. The number of cyclic esters (lactones) is 1. The van der Waals surface area contributed by atoms with Gasteiger partial charge in [0, 0.05) is 32.0 Å². The predicted octanol–water partition coefficient (Wildman–Crippen LogP) is 3.72. The number of esters is 2. The van der Waals surface area contributed by atoms with Crippen molar-refractivity contribution in [2.24, 2.45) is 17.8 Å². The Kier molecular flexibility index (Phi) is 15.1. The normalized spacial score (nSPS) is 44.0. The van der Waals surface area contributed by atoms with Gasteiger partial charge in [0.1, 0.15) is 17.8 Å². The lowest BCUT2D eigenvalue weighted by atomic mass is 9.78. The van der Waals surface area contributed by atoms with Crippen molar-refractivity contribution in [3.63, 3.8) is 0 Å². The van der Waals surface area contributed by atoms with E-state index in [0.29, 0.717) is 32.5 Å². The van der Waals surface area contributed by atoms with Crippen molar-refractivity contribution in [1.82, 2.24) is 9.80 Å². The SMILES string of the molecule is C=CCO[C@]1(C)[C@@H](CC)OC(=O)[C@H](C)[C@@H](O)[C@H](C)[C@@H](O[C@@H]2O[C@H](C)C[C@H](N(C)C)[C@H]2OC(C)=O)[C@](C)(O)C[C@@H](C)CN2CC(=C)CO[C@H]1[C@H]2C. The molecule has 288 valence electrons. The molecule has 0 aromatic rings. The number of aliphatic hydroxyl groups is 2. The van der Waals surface area contributed by atoms with Crippen LogP contribution in [0.5, 0.6) is 0 Å². The molecule has 1 unspecified atom stereocenters. The molecule has 3 rings (SSSR count). The van der Waals surface area contributed by atoms with Crippen LogP contribution in [0.3, 0.4) is 0 Å². The number of fused-ring (bicyclic) bond motifs is 2. The van der Waals surface area contributed by atoms with Gasteiger partial charge in [-0.1, -0.05) is 33.4 Å². The van der Waals surface area contributed by atoms with Crippen molar-refractivity contribution in [2.45, 2.75) is 148 Å². The Hall–Kier alpha value is -1.90. The summed E-state index contributed by atoms with van der Waals surface area (Å²) in [4.78, 5) is 30.5. The van der Waals surface area contributed by atoms with Crippen LogP contribution in [-0.2, 0) is 38.0 Å². The Balaban J connectivity index is 2.13. The summed E-state index contributed by atoms with van der Waals surface area (Å²) in [5.41, 5.74) is -1.68. The zero-order chi connectivity index (χ0) is 37.7. The number of rotatable bonds is 8. The van der Waals surface area contributed by atoms with Crippen molar-refractivity contribution in [3.05, 3.63) is 24.8 Å². The van der Waals surface area contributed by atoms with Gasteiger partial charge in [0.25, 0.3) is 0 Å². The Morgan fingerprint density at radius 1 is 1.18 bits per heavy atom. The maximum atomic E-state index is 13.9. The maximum Gasteiger partial charge on any atom is 0.311 e. The first-order chi connectivity index (χ1) is 23.3. The average molecular weight is 711 g/mol. The number of carbonyl (C=O) groups excluding carboxylic acids is 2. The maximum absolute atomic E-state index is 13.9. The quantitative estimate of drug-likeness (QED) is 0.281. The lowest BCUT2D eigenvalue weighted by Crippen LogP contribution is -2.61. The minimum absolute atomic E-state index is 0.0674. The molecule has 12 heteroatoms. The average Bonchev–Trinajstić information content (AvgIpc) is 3.16. The van der Waals surface area contributed by atoms with Crippen LogP contribution >= 0.6 is 0 Å². The van der Waals surface area contributed by atoms with Crippen LogP contribution in [-0.4, -0.2) is 139 Å². The van der Waals surface area contributed by atoms with Gasteiger partial charge in [-0.2, -0.15) is 0 Å². The largest absolute Gasteiger partial charge is 0.459 e. The summed E-state index contributed by atoms with van der Waals surface area (Å²) in [7, 11) is 3.81. The van der Waals surface area contributed by atoms with E-state index in [4.69, 9.17) is 28.4 Å². The minimum atomic E-state index is -1.52. The summed E-state index contributed by atoms with van der Waals surface area (Å²) in [6.45, 7) is 26.1. The first kappa shape index (κ1) is 42.5. The highest BCUT2D eigenvalue weighted by atomic mass is 16.7. The first-order valence-corrected chi connectivity index (χ1v) is 18.3. The van der Waals surface area contributed by atoms with E-state index in [1.807, 2.05) is 39.8 Å². The Bertz CT molecular complexity index is 1160. The van der Waals surface area contributed by atoms with E-state index >= 15 is 0 Å². The van der Waals surface area contributed by atoms with E-state index in [9.17, 15) is 19.8 Å². The topological polar surface area (TPSA) is 136 Å². The van der Waals surface area contributed by atoms with Crippen LogP contribution in [0.1, 0.15) is 81.6 Å². The first-order valence-electron chi connectivity index (χ1n) is 18.3. The van der Waals surface area contributed by atoms with Gasteiger partial charge in [0.15, 0.2) is 12.4 Å². The number of carbonyl (C=O) groups is 2. The minimum Gasteiger partial charge on any atom is -0.459 e. The fourth-order valence-corrected chi connectivity index (χ4v) is 8.34. The summed E-state index contributed by atoms with van der Waals surface area (Å²) >= 11 is 0. The van der Waals surface area contributed by atoms with Crippen molar-refractivity contribution in [1.29, 1.82) is 0 Å². The number of ether oxygens (including phenoxy) is 6. The molecule has 3 aliphatic heterocycles. The van der Waals surface area contributed by atoms with Crippen molar-refractivity contribution < 1.29 is 48.2 Å². The Labute approximate surface area is 300 Å². The van der Waals surface area contributed by atoms with E-state index in [2.05, 4.69) is 31.9 Å². The number of hydrogen-bond acceptors (Lipinski definition) is 12. The summed E-state index contributed by atoms with van der Waals surface area (Å²) in [5, 5.41) is 24.3. The molecule has 3 aliphatic rings. The van der Waals surface area contributed by atoms with Gasteiger partial charge in [0.2, 0.25) is 0 Å². The molecule has 0 aromatic heterocycles. The van der Waals surface area contributed by atoms with Gasteiger partial charge in [-0.25, -0.2) is 0 Å². The molecule has 0 saturated carbocycles. The van der Waals surface area contributed by atoms with Crippen molar-refractivity contribution >= 4 is 11.9 Å². The molecule has 50 heavy (non-hydrogen) atoms. The molecule has 3 fully saturated rings. The molecular weight excluding hydrogens is 644 g/mol. The van der Waals surface area contributed by atoms with Gasteiger partial charge in [-0.05, 0) is 79.5 Å². The van der Waals surface area contributed by atoms with Crippen LogP contribution in [0.2, 0.25) is 0 Å². The molecule has 3 saturated heterocycles. The molecular formula is C38H66N2O10. The molecule has 15 atom stereocenters. The smallest absolute Gasteiger partial charge is 0.311 e. The third-order valence-corrected chi connectivity index (χ3v) is 10.9. The number of nitrogens with zero attached hydrogens (tertiary/aromatic N) is 2. The summed E-state index contributed by atoms with van der Waals surface area (Å²) in [5.74, 6) is -2.94. The standard InChI is InChI=1S/C38H66N2O10/c1-14-16-46-38(11)30(15-2)49-35(43)26(7)31(42)25(6)33(50-36-32(48-28(9)41)29(39(12)13)17-24(5)47-36)37(10,44)18-22(3)19-40-20-23(4)21-45-34(38)27(40)8/h14,22,24-27,29-34,36,42,44H,1,4,15-21H2,2-3,5-13H3/t22-,24-,25+,26-,27-,29+,30-,31+,32-,33-,34+,36+,37-,38-/m1/s1. The van der Waals surface area contributed by atoms with Gasteiger partial charge in [-0.3, -0.25) is 14.5 Å². The second kappa shape index (κ2) is 17.7. The van der Waals surface area contributed by atoms with Gasteiger partial charge in [0.05, 0.1) is 49.1 Å². The Morgan fingerprint density at radius 3 is 2.42 bits per heavy atom. The molecule has 2 bridgehead atoms. The predicted molar refractivity (Wildman–Crippen MR) is 190 cm³/mol. The van der Waals surface area contributed by atoms with Gasteiger partial charge >= 0.3 is 11.9 Å². The molecule has 3 heterocycles. The second-order valence-electron chi connectivity index (χ2n) is 15.8. The van der Waals surface area contributed by atoms with Crippen LogP contribution in [0, 0.1) is 17.8 Å². The molecule has 0 radical (unpaired) electrons. The highest BCUT2D eigenvalue weighted by Gasteiger charge is 2.52. The van der Waals surface area contributed by atoms with Crippen LogP contribution in [0.25, 0.3) is 0 Å². The molecule has 0 aliphatic carbocycles. The van der Waals surface area contributed by atoms with Crippen molar-refractivity contribution in [2.75, 3.05) is 40.4 Å². The van der Waals surface area contributed by atoms with Crippen LogP contribution < -0.4 is 0 Å². The van der Waals surface area contributed by atoms with Crippen molar-refractivity contribution in [3.8, 4) is 0 Å². The molecule has 2 N–H and O–H groups in total. The lowest BCUT2D eigenvalue weighted by Gasteiger charge is -2.47. The summed E-state index contributed by atoms with van der Waals surface area (Å²) in [6, 6.07) is -0.405. The molecule has 0 amide bonds. The number of aliphatic hydroxyl groups excluding tert-OH is 1. The number of hydrogen-bond donors (Lipinski definition) is 2. The van der Waals surface area contributed by atoms with Gasteiger partial charge < -0.3 is 43.5 Å². The molecule has 0 spiro atoms. The molecule has 0 aromatic carbocycles. The zero-order valence-corrected chi connectivity index (χ0v) is 32.4. The van der Waals surface area contributed by atoms with E-state index in [-0.39, 0.29) is 37.1 Å². The monoisotopic (exact) mass is 710 g/mol. The number of likely N-dealkylation sites (N-methyl/N-ethyl adjacent to an activating group) is 1. The van der Waals surface area contributed by atoms with Crippen LogP contribution in [0.15, 0.2) is 24.8 Å². The lowest BCUT2D eigenvalue weighted by molar-refractivity contribution is -0.301.